The number of nitrogens with zero attached hydrogens (tertiary/aromatic N) is 1. The highest BCUT2D eigenvalue weighted by molar-refractivity contribution is 7.18. The largest absolute Gasteiger partial charge is 0.349 e. The molecule has 1 unspecified atom stereocenters. The van der Waals surface area contributed by atoms with E-state index in [1.807, 2.05) is 25.1 Å². The molecule has 21 heavy (non-hydrogen) atoms. The van der Waals surface area contributed by atoms with Crippen molar-refractivity contribution in [2.24, 2.45) is 11.8 Å². The first-order valence-electron chi connectivity index (χ1n) is 6.67. The molecule has 3 rings (SSSR count). The zero-order chi connectivity index (χ0) is 14.1. The van der Waals surface area contributed by atoms with Gasteiger partial charge in [0.15, 0.2) is 0 Å². The van der Waals surface area contributed by atoms with Gasteiger partial charge in [-0.15, -0.1) is 23.7 Å². The summed E-state index contributed by atoms with van der Waals surface area (Å²) in [5, 5.41) is 7.76. The van der Waals surface area contributed by atoms with E-state index in [-0.39, 0.29) is 24.2 Å². The lowest BCUT2D eigenvalue weighted by Crippen LogP contribution is -2.49. The van der Waals surface area contributed by atoms with Crippen LogP contribution in [-0.2, 0) is 11.3 Å². The second kappa shape index (κ2) is 6.92. The second-order valence-corrected chi connectivity index (χ2v) is 6.70. The van der Waals surface area contributed by atoms with Crippen molar-refractivity contribution in [3.8, 4) is 0 Å². The van der Waals surface area contributed by atoms with Crippen LogP contribution in [0.1, 0.15) is 11.9 Å². The SMILES string of the molecule is CC(C(=O)NCc1nc2cc(Cl)ccc2s1)C1CNC1.Cl. The highest BCUT2D eigenvalue weighted by atomic mass is 35.5. The Kier molecular flexibility index (Phi) is 5.43. The number of halogens is 2. The molecule has 1 saturated heterocycles. The van der Waals surface area contributed by atoms with Gasteiger partial charge >= 0.3 is 0 Å². The predicted molar refractivity (Wildman–Crippen MR) is 89.2 cm³/mol. The van der Waals surface area contributed by atoms with Crippen molar-refractivity contribution in [1.82, 2.24) is 15.6 Å². The Morgan fingerprint density at radius 1 is 1.57 bits per heavy atom. The van der Waals surface area contributed by atoms with Gasteiger partial charge in [-0.2, -0.15) is 0 Å². The Morgan fingerprint density at radius 2 is 2.33 bits per heavy atom. The highest BCUT2D eigenvalue weighted by Gasteiger charge is 2.28. The molecule has 0 spiro atoms. The van der Waals surface area contributed by atoms with Crippen LogP contribution >= 0.6 is 35.3 Å². The van der Waals surface area contributed by atoms with E-state index in [0.29, 0.717) is 17.5 Å². The molecule has 1 fully saturated rings. The van der Waals surface area contributed by atoms with E-state index < -0.39 is 0 Å². The summed E-state index contributed by atoms with van der Waals surface area (Å²) in [5.74, 6) is 0.623. The number of thiazole rings is 1. The molecule has 114 valence electrons. The van der Waals surface area contributed by atoms with Crippen molar-refractivity contribution < 1.29 is 4.79 Å². The summed E-state index contributed by atoms with van der Waals surface area (Å²) in [4.78, 5) is 16.5. The fourth-order valence-electron chi connectivity index (χ4n) is 2.23. The van der Waals surface area contributed by atoms with Crippen LogP contribution in [0.25, 0.3) is 10.2 Å². The molecule has 7 heteroatoms. The lowest BCUT2D eigenvalue weighted by molar-refractivity contribution is -0.126. The summed E-state index contributed by atoms with van der Waals surface area (Å²) in [6.07, 6.45) is 0. The number of benzene rings is 1. The average Bonchev–Trinajstić information content (AvgIpc) is 2.75. The molecular formula is C14H17Cl2N3OS. The number of hydrogen-bond donors (Lipinski definition) is 2. The van der Waals surface area contributed by atoms with Crippen LogP contribution in [0.4, 0.5) is 0 Å². The molecular weight excluding hydrogens is 329 g/mol. The maximum atomic E-state index is 12.0. The molecule has 0 bridgehead atoms. The summed E-state index contributed by atoms with van der Waals surface area (Å²) in [7, 11) is 0. The first kappa shape index (κ1) is 16.5. The third-order valence-electron chi connectivity index (χ3n) is 3.74. The Bertz CT molecular complexity index is 642. The lowest BCUT2D eigenvalue weighted by Gasteiger charge is -2.31. The van der Waals surface area contributed by atoms with Crippen LogP contribution in [0.3, 0.4) is 0 Å². The van der Waals surface area contributed by atoms with E-state index in [2.05, 4.69) is 15.6 Å². The van der Waals surface area contributed by atoms with Gasteiger partial charge < -0.3 is 10.6 Å². The number of rotatable bonds is 4. The van der Waals surface area contributed by atoms with Crippen LogP contribution in [-0.4, -0.2) is 24.0 Å². The van der Waals surface area contributed by atoms with E-state index in [4.69, 9.17) is 11.6 Å². The Balaban J connectivity index is 0.00000161. The number of aromatic nitrogens is 1. The summed E-state index contributed by atoms with van der Waals surface area (Å²) in [6.45, 7) is 4.35. The number of fused-ring (bicyclic) bond motifs is 1. The minimum Gasteiger partial charge on any atom is -0.349 e. The van der Waals surface area contributed by atoms with Gasteiger partial charge in [0.2, 0.25) is 5.91 Å². The average molecular weight is 346 g/mol. The number of hydrogen-bond acceptors (Lipinski definition) is 4. The van der Waals surface area contributed by atoms with Crippen molar-refractivity contribution in [2.75, 3.05) is 13.1 Å². The van der Waals surface area contributed by atoms with Crippen molar-refractivity contribution in [3.63, 3.8) is 0 Å². The molecule has 1 aromatic carbocycles. The maximum absolute atomic E-state index is 12.0. The number of amides is 1. The Hall–Kier alpha value is -0.880. The zero-order valence-electron chi connectivity index (χ0n) is 11.6. The molecule has 1 atom stereocenters. The van der Waals surface area contributed by atoms with Crippen molar-refractivity contribution >= 4 is 51.5 Å². The van der Waals surface area contributed by atoms with Crippen LogP contribution in [0.5, 0.6) is 0 Å². The van der Waals surface area contributed by atoms with Gasteiger partial charge in [-0.05, 0) is 37.2 Å². The summed E-state index contributed by atoms with van der Waals surface area (Å²) < 4.78 is 1.09. The summed E-state index contributed by atoms with van der Waals surface area (Å²) >= 11 is 7.53. The second-order valence-electron chi connectivity index (χ2n) is 5.14. The molecule has 0 radical (unpaired) electrons. The van der Waals surface area contributed by atoms with E-state index >= 15 is 0 Å². The van der Waals surface area contributed by atoms with E-state index in [9.17, 15) is 4.79 Å². The number of carbonyl (C=O) groups excluding carboxylic acids is 1. The lowest BCUT2D eigenvalue weighted by atomic mass is 9.88. The minimum absolute atomic E-state index is 0. The standard InChI is InChI=1S/C14H16ClN3OS.ClH/c1-8(9-5-16-6-9)14(19)17-7-13-18-11-4-10(15)2-3-12(11)20-13;/h2-4,8-9,16H,5-7H2,1H3,(H,17,19);1H. The van der Waals surface area contributed by atoms with E-state index in [1.165, 1.54) is 0 Å². The Labute approximate surface area is 138 Å². The smallest absolute Gasteiger partial charge is 0.223 e. The van der Waals surface area contributed by atoms with Gasteiger partial charge in [0.25, 0.3) is 0 Å². The zero-order valence-corrected chi connectivity index (χ0v) is 13.9. The third kappa shape index (κ3) is 3.66. The molecule has 2 heterocycles. The minimum atomic E-state index is 0. The first-order valence-corrected chi connectivity index (χ1v) is 7.86. The van der Waals surface area contributed by atoms with Gasteiger partial charge in [0.05, 0.1) is 16.8 Å². The van der Waals surface area contributed by atoms with Gasteiger partial charge in [-0.25, -0.2) is 4.98 Å². The van der Waals surface area contributed by atoms with Crippen LogP contribution < -0.4 is 10.6 Å². The topological polar surface area (TPSA) is 54.0 Å². The first-order chi connectivity index (χ1) is 9.63. The fraction of sp³-hybridized carbons (Fsp3) is 0.429. The Morgan fingerprint density at radius 3 is 3.00 bits per heavy atom. The van der Waals surface area contributed by atoms with Crippen molar-refractivity contribution in [1.29, 1.82) is 0 Å². The summed E-state index contributed by atoms with van der Waals surface area (Å²) in [6, 6.07) is 5.67. The molecule has 2 N–H and O–H groups in total. The fourth-order valence-corrected chi connectivity index (χ4v) is 3.28. The van der Waals surface area contributed by atoms with Crippen molar-refractivity contribution in [2.45, 2.75) is 13.5 Å². The van der Waals surface area contributed by atoms with Gasteiger partial charge in [-0.3, -0.25) is 4.79 Å². The molecule has 1 aromatic heterocycles. The van der Waals surface area contributed by atoms with E-state index in [0.717, 1.165) is 28.3 Å². The molecule has 2 aromatic rings. The van der Waals surface area contributed by atoms with E-state index in [1.54, 1.807) is 11.3 Å². The summed E-state index contributed by atoms with van der Waals surface area (Å²) in [5.41, 5.74) is 0.892. The molecule has 0 aliphatic carbocycles. The molecule has 1 aliphatic rings. The quantitative estimate of drug-likeness (QED) is 0.895. The predicted octanol–water partition coefficient (Wildman–Crippen LogP) is 2.84. The monoisotopic (exact) mass is 345 g/mol. The van der Waals surface area contributed by atoms with Crippen LogP contribution in [0.15, 0.2) is 18.2 Å². The van der Waals surface area contributed by atoms with Gasteiger partial charge in [0.1, 0.15) is 5.01 Å². The maximum Gasteiger partial charge on any atom is 0.223 e. The highest BCUT2D eigenvalue weighted by Crippen LogP contribution is 2.25. The van der Waals surface area contributed by atoms with Crippen molar-refractivity contribution in [3.05, 3.63) is 28.2 Å². The number of carbonyl (C=O) groups is 1. The molecule has 4 nitrogen and oxygen atoms in total. The molecule has 1 aliphatic heterocycles. The van der Waals surface area contributed by atoms with Gasteiger partial charge in [-0.1, -0.05) is 18.5 Å². The van der Waals surface area contributed by atoms with Gasteiger partial charge in [0, 0.05) is 10.9 Å². The third-order valence-corrected chi connectivity index (χ3v) is 5.01. The number of nitrogens with one attached hydrogen (secondary N) is 2. The molecule has 0 saturated carbocycles. The van der Waals surface area contributed by atoms with Crippen LogP contribution in [0, 0.1) is 11.8 Å². The normalized spacial score (nSPS) is 16.1. The molecule has 1 amide bonds. The van der Waals surface area contributed by atoms with Crippen LogP contribution in [0.2, 0.25) is 5.02 Å².